The molecule has 0 aromatic carbocycles. The van der Waals surface area contributed by atoms with E-state index in [1.807, 2.05) is 27.7 Å². The van der Waals surface area contributed by atoms with E-state index in [1.54, 1.807) is 26.8 Å². The number of nitrogens with zero attached hydrogens (tertiary/aromatic N) is 3. The van der Waals surface area contributed by atoms with Gasteiger partial charge in [-0.05, 0) is 24.0 Å². The van der Waals surface area contributed by atoms with E-state index >= 15 is 0 Å². The third kappa shape index (κ3) is 5.09. The first-order chi connectivity index (χ1) is 12.3. The first-order valence-electron chi connectivity index (χ1n) is 9.20. The highest BCUT2D eigenvalue weighted by Gasteiger charge is 2.31. The Balaban J connectivity index is 1.93. The number of furan rings is 1. The Bertz CT molecular complexity index is 607. The van der Waals surface area contributed by atoms with Crippen molar-refractivity contribution in [1.82, 2.24) is 14.7 Å². The van der Waals surface area contributed by atoms with Crippen LogP contribution in [0.25, 0.3) is 0 Å². The highest BCUT2D eigenvalue weighted by Crippen LogP contribution is 2.11. The quantitative estimate of drug-likeness (QED) is 0.747. The van der Waals surface area contributed by atoms with Gasteiger partial charge in [-0.15, -0.1) is 0 Å². The zero-order valence-corrected chi connectivity index (χ0v) is 16.1. The molecule has 2 heterocycles. The summed E-state index contributed by atoms with van der Waals surface area (Å²) in [6.45, 7) is 10.8. The highest BCUT2D eigenvalue weighted by atomic mass is 16.3. The topological polar surface area (TPSA) is 74.1 Å². The third-order valence-electron chi connectivity index (χ3n) is 4.23. The number of amides is 3. The minimum atomic E-state index is -0.476. The molecule has 0 radical (unpaired) electrons. The Hall–Kier alpha value is -2.31. The second-order valence-corrected chi connectivity index (χ2v) is 7.56. The molecule has 26 heavy (non-hydrogen) atoms. The van der Waals surface area contributed by atoms with Gasteiger partial charge in [-0.25, -0.2) is 0 Å². The van der Waals surface area contributed by atoms with Gasteiger partial charge in [-0.3, -0.25) is 14.4 Å². The predicted molar refractivity (Wildman–Crippen MR) is 97.4 cm³/mol. The molecule has 1 saturated heterocycles. The van der Waals surface area contributed by atoms with Crippen LogP contribution >= 0.6 is 0 Å². The summed E-state index contributed by atoms with van der Waals surface area (Å²) in [6, 6.07) is 3.29. The molecule has 1 aromatic heterocycles. The molecule has 1 aliphatic heterocycles. The van der Waals surface area contributed by atoms with Crippen molar-refractivity contribution in [3.63, 3.8) is 0 Å². The lowest BCUT2D eigenvalue weighted by Gasteiger charge is -2.35. The number of carbonyl (C=O) groups is 3. The lowest BCUT2D eigenvalue weighted by molar-refractivity contribution is -0.153. The maximum atomic E-state index is 12.7. The fourth-order valence-electron chi connectivity index (χ4n) is 3.06. The highest BCUT2D eigenvalue weighted by molar-refractivity contribution is 6.34. The molecule has 7 nitrogen and oxygen atoms in total. The normalized spacial score (nSPS) is 14.8. The number of hydrogen-bond donors (Lipinski definition) is 0. The Morgan fingerprint density at radius 2 is 1.54 bits per heavy atom. The van der Waals surface area contributed by atoms with Crippen LogP contribution in [-0.2, 0) is 9.59 Å². The van der Waals surface area contributed by atoms with Crippen LogP contribution in [0, 0.1) is 11.8 Å². The molecule has 0 spiro atoms. The Morgan fingerprint density at radius 1 is 1.00 bits per heavy atom. The van der Waals surface area contributed by atoms with Crippen molar-refractivity contribution in [1.29, 1.82) is 0 Å². The van der Waals surface area contributed by atoms with Crippen molar-refractivity contribution in [3.8, 4) is 0 Å². The minimum Gasteiger partial charge on any atom is -0.459 e. The van der Waals surface area contributed by atoms with E-state index in [0.717, 1.165) is 0 Å². The van der Waals surface area contributed by atoms with Crippen molar-refractivity contribution in [2.45, 2.75) is 27.7 Å². The molecule has 3 amide bonds. The van der Waals surface area contributed by atoms with E-state index in [1.165, 1.54) is 6.26 Å². The molecular weight excluding hydrogens is 334 g/mol. The van der Waals surface area contributed by atoms with Crippen LogP contribution in [0.4, 0.5) is 0 Å². The van der Waals surface area contributed by atoms with Crippen LogP contribution in [0.5, 0.6) is 0 Å². The summed E-state index contributed by atoms with van der Waals surface area (Å²) in [6.07, 6.45) is 1.46. The molecule has 0 aliphatic carbocycles. The molecule has 0 atom stereocenters. The number of rotatable bonds is 5. The van der Waals surface area contributed by atoms with Gasteiger partial charge in [0.05, 0.1) is 6.26 Å². The predicted octanol–water partition coefficient (Wildman–Crippen LogP) is 1.70. The van der Waals surface area contributed by atoms with Crippen molar-refractivity contribution >= 4 is 17.7 Å². The average molecular weight is 363 g/mol. The molecule has 0 bridgehead atoms. The maximum absolute atomic E-state index is 12.7. The Morgan fingerprint density at radius 3 is 2.00 bits per heavy atom. The van der Waals surface area contributed by atoms with E-state index in [0.29, 0.717) is 56.9 Å². The van der Waals surface area contributed by atoms with E-state index in [9.17, 15) is 14.4 Å². The summed E-state index contributed by atoms with van der Waals surface area (Å²) in [4.78, 5) is 42.4. The van der Waals surface area contributed by atoms with Crippen LogP contribution in [0.1, 0.15) is 38.2 Å². The summed E-state index contributed by atoms with van der Waals surface area (Å²) in [5.74, 6) is -0.216. The van der Waals surface area contributed by atoms with Gasteiger partial charge < -0.3 is 19.1 Å². The molecule has 0 N–H and O–H groups in total. The van der Waals surface area contributed by atoms with E-state index in [-0.39, 0.29) is 5.91 Å². The van der Waals surface area contributed by atoms with Gasteiger partial charge in [0.2, 0.25) is 0 Å². The first-order valence-corrected chi connectivity index (χ1v) is 9.20. The SMILES string of the molecule is CC(C)CN(CC(C)C)C(=O)C(=O)N1CCN(C(=O)c2ccco2)CC1. The van der Waals surface area contributed by atoms with Gasteiger partial charge in [0, 0.05) is 39.3 Å². The van der Waals surface area contributed by atoms with Gasteiger partial charge in [0.15, 0.2) is 5.76 Å². The van der Waals surface area contributed by atoms with Crippen LogP contribution < -0.4 is 0 Å². The Labute approximate surface area is 154 Å². The van der Waals surface area contributed by atoms with Crippen LogP contribution in [0.3, 0.4) is 0 Å². The largest absolute Gasteiger partial charge is 0.459 e. The summed E-state index contributed by atoms with van der Waals surface area (Å²) in [7, 11) is 0. The molecule has 1 fully saturated rings. The van der Waals surface area contributed by atoms with Crippen LogP contribution in [0.2, 0.25) is 0 Å². The third-order valence-corrected chi connectivity index (χ3v) is 4.23. The molecule has 1 aliphatic rings. The zero-order chi connectivity index (χ0) is 19.3. The second-order valence-electron chi connectivity index (χ2n) is 7.56. The molecule has 0 saturated carbocycles. The lowest BCUT2D eigenvalue weighted by Crippen LogP contribution is -2.55. The van der Waals surface area contributed by atoms with Crippen LogP contribution in [-0.4, -0.2) is 71.7 Å². The van der Waals surface area contributed by atoms with Crippen LogP contribution in [0.15, 0.2) is 22.8 Å². The summed E-state index contributed by atoms with van der Waals surface area (Å²) in [5, 5.41) is 0. The summed E-state index contributed by atoms with van der Waals surface area (Å²) >= 11 is 0. The molecular formula is C19H29N3O4. The van der Waals surface area contributed by atoms with Gasteiger partial charge in [-0.1, -0.05) is 27.7 Å². The fraction of sp³-hybridized carbons (Fsp3) is 0.632. The van der Waals surface area contributed by atoms with Crippen molar-refractivity contribution in [3.05, 3.63) is 24.2 Å². The number of hydrogen-bond acceptors (Lipinski definition) is 4. The van der Waals surface area contributed by atoms with Gasteiger partial charge >= 0.3 is 11.8 Å². The number of carbonyl (C=O) groups excluding carboxylic acids is 3. The van der Waals surface area contributed by atoms with E-state index < -0.39 is 11.8 Å². The molecule has 1 aromatic rings. The smallest absolute Gasteiger partial charge is 0.312 e. The number of piperazine rings is 1. The Kier molecular flexibility index (Phi) is 6.83. The first kappa shape index (κ1) is 20.0. The van der Waals surface area contributed by atoms with Gasteiger partial charge in [-0.2, -0.15) is 0 Å². The molecule has 2 rings (SSSR count). The van der Waals surface area contributed by atoms with E-state index in [2.05, 4.69) is 0 Å². The lowest BCUT2D eigenvalue weighted by atomic mass is 10.1. The molecule has 144 valence electrons. The van der Waals surface area contributed by atoms with Gasteiger partial charge in [0.25, 0.3) is 5.91 Å². The molecule has 7 heteroatoms. The minimum absolute atomic E-state index is 0.185. The summed E-state index contributed by atoms with van der Waals surface area (Å²) < 4.78 is 5.13. The van der Waals surface area contributed by atoms with Gasteiger partial charge in [0.1, 0.15) is 0 Å². The van der Waals surface area contributed by atoms with Crippen molar-refractivity contribution < 1.29 is 18.8 Å². The van der Waals surface area contributed by atoms with E-state index in [4.69, 9.17) is 4.42 Å². The van der Waals surface area contributed by atoms with Crippen molar-refractivity contribution in [2.75, 3.05) is 39.3 Å². The summed E-state index contributed by atoms with van der Waals surface area (Å²) in [5.41, 5.74) is 0. The monoisotopic (exact) mass is 363 g/mol. The second kappa shape index (κ2) is 8.87. The van der Waals surface area contributed by atoms with Crippen molar-refractivity contribution in [2.24, 2.45) is 11.8 Å². The standard InChI is InChI=1S/C19H29N3O4/c1-14(2)12-22(13-15(3)4)19(25)18(24)21-9-7-20(8-10-21)17(23)16-6-5-11-26-16/h5-6,11,14-15H,7-10,12-13H2,1-4H3. The molecule has 0 unspecified atom stereocenters. The average Bonchev–Trinajstić information content (AvgIpc) is 3.13. The zero-order valence-electron chi connectivity index (χ0n) is 16.1. The fourth-order valence-corrected chi connectivity index (χ4v) is 3.06. The maximum Gasteiger partial charge on any atom is 0.312 e.